The van der Waals surface area contributed by atoms with E-state index in [0.717, 1.165) is 55.0 Å². The Bertz CT molecular complexity index is 1310. The number of benzene rings is 1. The fourth-order valence-electron chi connectivity index (χ4n) is 3.96. The minimum atomic E-state index is -10.7. The first-order valence-corrected chi connectivity index (χ1v) is 16.5. The van der Waals surface area contributed by atoms with Gasteiger partial charge in [0, 0.05) is 77.8 Å². The number of carboxylic acid groups (broad SMARTS) is 2. The number of pyridine rings is 2. The number of nitrogens with zero attached hydrogens (tertiary/aromatic N) is 4. The Kier molecular flexibility index (Phi) is 25.4. The zero-order valence-electron chi connectivity index (χ0n) is 29.2. The molecule has 0 amide bonds. The third-order valence-electron chi connectivity index (χ3n) is 5.62. The summed E-state index contributed by atoms with van der Waals surface area (Å²) in [5.41, 5.74) is 4.62. The summed E-state index contributed by atoms with van der Waals surface area (Å²) >= 11 is 0. The normalized spacial score (nSPS) is 11.8. The van der Waals surface area contributed by atoms with Gasteiger partial charge in [-0.2, -0.15) is 0 Å². The maximum absolute atomic E-state index is 13.5. The number of rotatable bonds is 14. The molecule has 2 aromatic heterocycles. The van der Waals surface area contributed by atoms with E-state index < -0.39 is 19.7 Å². The molecule has 20 heteroatoms. The predicted molar refractivity (Wildman–Crippen MR) is 166 cm³/mol. The number of aryl methyl sites for hydroxylation is 1. The molecule has 1 aromatic carbocycles. The number of hydrogen-bond donors (Lipinski definition) is 0. The smallest absolute Gasteiger partial charge is 2.00 e. The third kappa shape index (κ3) is 34.2. The van der Waals surface area contributed by atoms with E-state index >= 15 is 0 Å². The molecule has 0 aliphatic rings. The molecule has 11 nitrogen and oxygen atoms in total. The number of aromatic nitrogens is 2. The van der Waals surface area contributed by atoms with E-state index in [1.165, 1.54) is 0 Å². The standard InChI is InChI=1S/C27H36N4O3.2C2H4O2.F6P.2Zn/c1-22-16-23(18-30(12-14-33-2)20-25-8-4-6-10-28-25)27(32)24(17-22)19-31(13-15-34-3)21-26-9-5-7-11-29-26;2*1-2(3)4;1-7(2,3,4,5)6;;/h4-11,16-17,32H,12-15,18-21H2,1-3H3;2*1H3,(H,3,4);;;/q;;;-1;2*+2/p-3. The van der Waals surface area contributed by atoms with Crippen molar-refractivity contribution in [2.45, 2.75) is 47.0 Å². The first-order valence-electron chi connectivity index (χ1n) is 14.4. The molecule has 0 atom stereocenters. The van der Waals surface area contributed by atoms with Gasteiger partial charge in [0.1, 0.15) is 0 Å². The number of halogens is 6. The van der Waals surface area contributed by atoms with Crippen LogP contribution in [0.5, 0.6) is 5.75 Å². The van der Waals surface area contributed by atoms with Crippen molar-refractivity contribution in [2.24, 2.45) is 0 Å². The summed E-state index contributed by atoms with van der Waals surface area (Å²) in [7, 11) is -7.27. The number of carbonyl (C=O) groups excluding carboxylic acids is 2. The number of aliphatic carboxylic acids is 2. The average molecular weight is 857 g/mol. The van der Waals surface area contributed by atoms with Gasteiger partial charge in [0.15, 0.2) is 0 Å². The molecule has 0 saturated carbocycles. The van der Waals surface area contributed by atoms with E-state index in [2.05, 4.69) is 19.8 Å². The summed E-state index contributed by atoms with van der Waals surface area (Å²) in [4.78, 5) is 31.1. The minimum absolute atomic E-state index is 0. The SMILES string of the molecule is CC(=O)[O-].CC(=O)[O-].COCCN(Cc1ccccn1)Cc1cc(C)cc(CN(CCOC)Cc2ccccn2)c1[O-].F[P-](F)(F)(F)(F)F.[Zn+2].[Zn+2]. The number of carboxylic acids is 2. The van der Waals surface area contributed by atoms with Gasteiger partial charge in [-0.15, -0.1) is 0 Å². The van der Waals surface area contributed by atoms with E-state index in [1.54, 1.807) is 26.6 Å². The second-order valence-corrected chi connectivity index (χ2v) is 12.3. The number of hydrogen-bond acceptors (Lipinski definition) is 11. The van der Waals surface area contributed by atoms with E-state index in [0.29, 0.717) is 39.4 Å². The Morgan fingerprint density at radius 1 is 0.706 bits per heavy atom. The zero-order chi connectivity index (χ0) is 37.7. The van der Waals surface area contributed by atoms with Gasteiger partial charge in [-0.05, 0) is 56.2 Å². The molecule has 0 unspecified atom stereocenters. The van der Waals surface area contributed by atoms with E-state index in [-0.39, 0.29) is 44.7 Å². The summed E-state index contributed by atoms with van der Waals surface area (Å²) in [5.74, 6) is -2.07. The van der Waals surface area contributed by atoms with Crippen LogP contribution in [0.2, 0.25) is 0 Å². The van der Waals surface area contributed by atoms with Gasteiger partial charge in [-0.1, -0.05) is 35.6 Å². The Hall–Kier alpha value is -2.64. The van der Waals surface area contributed by atoms with Crippen molar-refractivity contribution >= 4 is 19.7 Å². The Morgan fingerprint density at radius 3 is 1.27 bits per heavy atom. The predicted octanol–water partition coefficient (Wildman–Crippen LogP) is 4.05. The van der Waals surface area contributed by atoms with Crippen molar-refractivity contribution < 1.29 is 98.5 Å². The van der Waals surface area contributed by atoms with E-state index in [1.807, 2.05) is 55.5 Å². The molecule has 2 heterocycles. The van der Waals surface area contributed by atoms with Crippen LogP contribution in [-0.2, 0) is 84.2 Å². The van der Waals surface area contributed by atoms with Crippen molar-refractivity contribution in [1.82, 2.24) is 19.8 Å². The van der Waals surface area contributed by atoms with Gasteiger partial charge in [0.25, 0.3) is 0 Å². The molecule has 3 aromatic rings. The molecule has 0 fully saturated rings. The molecule has 0 radical (unpaired) electrons. The van der Waals surface area contributed by atoms with Crippen LogP contribution in [0.1, 0.15) is 41.9 Å². The van der Waals surface area contributed by atoms with Crippen LogP contribution in [-0.4, -0.2) is 72.2 Å². The first-order chi connectivity index (χ1) is 22.5. The largest absolute Gasteiger partial charge is 2.00 e. The monoisotopic (exact) mass is 854 g/mol. The number of carbonyl (C=O) groups is 2. The zero-order valence-corrected chi connectivity index (χ0v) is 36.0. The molecule has 0 bridgehead atoms. The van der Waals surface area contributed by atoms with Crippen molar-refractivity contribution in [3.05, 3.63) is 89.0 Å². The van der Waals surface area contributed by atoms with Crippen molar-refractivity contribution in [1.29, 1.82) is 0 Å². The fraction of sp³-hybridized carbons (Fsp3) is 0.419. The molecule has 278 valence electrons. The van der Waals surface area contributed by atoms with E-state index in [9.17, 15) is 30.3 Å². The number of methoxy groups -OCH3 is 2. The summed E-state index contributed by atoms with van der Waals surface area (Å²) in [6.07, 6.45) is 3.59. The molecule has 51 heavy (non-hydrogen) atoms. The molecule has 0 aliphatic heterocycles. The van der Waals surface area contributed by atoms with Crippen molar-refractivity contribution in [3.63, 3.8) is 0 Å². The van der Waals surface area contributed by atoms with Gasteiger partial charge in [0.2, 0.25) is 0 Å². The second kappa shape index (κ2) is 24.6. The van der Waals surface area contributed by atoms with Gasteiger partial charge in [-0.3, -0.25) is 19.8 Å². The third-order valence-corrected chi connectivity index (χ3v) is 5.62. The molecule has 0 saturated heterocycles. The van der Waals surface area contributed by atoms with Crippen LogP contribution in [0, 0.1) is 6.92 Å². The van der Waals surface area contributed by atoms with Crippen LogP contribution < -0.4 is 15.3 Å². The molecule has 0 spiro atoms. The maximum Gasteiger partial charge on any atom is 2.00 e. The maximum atomic E-state index is 13.5. The second-order valence-electron chi connectivity index (χ2n) is 10.4. The van der Waals surface area contributed by atoms with Crippen LogP contribution in [0.3, 0.4) is 0 Å². The van der Waals surface area contributed by atoms with Gasteiger partial charge < -0.3 is 34.4 Å². The molecular formula is C31H41F6N4O7PZn2. The van der Waals surface area contributed by atoms with Crippen molar-refractivity contribution in [3.8, 4) is 5.75 Å². The summed E-state index contributed by atoms with van der Waals surface area (Å²) in [6, 6.07) is 15.8. The summed E-state index contributed by atoms with van der Waals surface area (Å²) in [5, 5.41) is 31.3. The quantitative estimate of drug-likeness (QED) is 0.131. The van der Waals surface area contributed by atoms with Crippen LogP contribution in [0.4, 0.5) is 25.2 Å². The fourth-order valence-corrected chi connectivity index (χ4v) is 3.96. The van der Waals surface area contributed by atoms with Gasteiger partial charge in [0.05, 0.1) is 24.6 Å². The first kappa shape index (κ1) is 52.7. The number of ether oxygens (including phenoxy) is 2. The average Bonchev–Trinajstić information content (AvgIpc) is 2.96. The minimum Gasteiger partial charge on any atom is 2.00 e. The topological polar surface area (TPSA) is 154 Å². The summed E-state index contributed by atoms with van der Waals surface area (Å²) in [6.45, 7) is 9.02. The molecule has 0 N–H and O–H groups in total. The Balaban J connectivity index is -0.00000114. The van der Waals surface area contributed by atoms with Crippen LogP contribution >= 0.6 is 7.81 Å². The van der Waals surface area contributed by atoms with E-state index in [4.69, 9.17) is 29.3 Å². The molecule has 0 aliphatic carbocycles. The van der Waals surface area contributed by atoms with Crippen LogP contribution in [0.25, 0.3) is 0 Å². The Morgan fingerprint density at radius 2 is 1.02 bits per heavy atom. The molecule has 3 rings (SSSR count). The van der Waals surface area contributed by atoms with Gasteiger partial charge >= 0.3 is 71.9 Å². The van der Waals surface area contributed by atoms with Gasteiger partial charge in [-0.25, -0.2) is 0 Å². The Labute approximate surface area is 319 Å². The molecular weight excluding hydrogens is 816 g/mol. The summed E-state index contributed by atoms with van der Waals surface area (Å²) < 4.78 is 69.8. The van der Waals surface area contributed by atoms with Crippen LogP contribution in [0.15, 0.2) is 60.9 Å². The van der Waals surface area contributed by atoms with Crippen molar-refractivity contribution in [2.75, 3.05) is 40.5 Å².